The van der Waals surface area contributed by atoms with Crippen LogP contribution in [0, 0.1) is 6.92 Å². The Hall–Kier alpha value is -1.74. The average Bonchev–Trinajstić information content (AvgIpc) is 2.30. The number of hydrogen-bond acceptors (Lipinski definition) is 3. The molecule has 0 saturated heterocycles. The first kappa shape index (κ1) is 11.7. The largest absolute Gasteiger partial charge is 0.508 e. The van der Waals surface area contributed by atoms with E-state index in [2.05, 4.69) is 10.3 Å². The standard InChI is InChI=1S/C13H13ClN2O/c1-9-6-7-15-13(14)12(9)16-8-10-4-2-3-5-11(10)17/h2-7,16-17H,8H2,1H3. The molecule has 0 aliphatic heterocycles. The normalized spacial score (nSPS) is 10.2. The maximum absolute atomic E-state index is 9.64. The van der Waals surface area contributed by atoms with Crippen LogP contribution in [-0.2, 0) is 6.54 Å². The highest BCUT2D eigenvalue weighted by Gasteiger charge is 2.05. The number of halogens is 1. The zero-order valence-corrected chi connectivity index (χ0v) is 10.2. The molecule has 0 spiro atoms. The minimum Gasteiger partial charge on any atom is -0.508 e. The molecular formula is C13H13ClN2O. The Bertz CT molecular complexity index is 508. The van der Waals surface area contributed by atoms with Crippen LogP contribution >= 0.6 is 11.6 Å². The fourth-order valence-electron chi connectivity index (χ4n) is 1.58. The van der Waals surface area contributed by atoms with Gasteiger partial charge in [0.1, 0.15) is 5.75 Å². The molecule has 0 bridgehead atoms. The van der Waals surface area contributed by atoms with Gasteiger partial charge in [0, 0.05) is 18.3 Å². The van der Waals surface area contributed by atoms with Crippen molar-refractivity contribution in [3.63, 3.8) is 0 Å². The summed E-state index contributed by atoms with van der Waals surface area (Å²) in [5.41, 5.74) is 2.66. The van der Waals surface area contributed by atoms with Crippen molar-refractivity contribution in [2.75, 3.05) is 5.32 Å². The number of rotatable bonds is 3. The molecule has 1 heterocycles. The first-order valence-electron chi connectivity index (χ1n) is 5.30. The highest BCUT2D eigenvalue weighted by Crippen LogP contribution is 2.24. The van der Waals surface area contributed by atoms with Gasteiger partial charge in [0.25, 0.3) is 0 Å². The Morgan fingerprint density at radius 1 is 1.29 bits per heavy atom. The maximum atomic E-state index is 9.64. The number of phenolic OH excluding ortho intramolecular Hbond substituents is 1. The van der Waals surface area contributed by atoms with Gasteiger partial charge in [-0.15, -0.1) is 0 Å². The van der Waals surface area contributed by atoms with Crippen LogP contribution in [0.4, 0.5) is 5.69 Å². The van der Waals surface area contributed by atoms with Crippen molar-refractivity contribution in [2.45, 2.75) is 13.5 Å². The van der Waals surface area contributed by atoms with Crippen molar-refractivity contribution in [3.8, 4) is 5.75 Å². The quantitative estimate of drug-likeness (QED) is 0.819. The molecule has 0 fully saturated rings. The van der Waals surface area contributed by atoms with E-state index < -0.39 is 0 Å². The van der Waals surface area contributed by atoms with Crippen LogP contribution in [0.2, 0.25) is 5.15 Å². The molecule has 2 aromatic rings. The number of pyridine rings is 1. The van der Waals surface area contributed by atoms with Crippen molar-refractivity contribution in [2.24, 2.45) is 0 Å². The van der Waals surface area contributed by atoms with E-state index in [1.54, 1.807) is 18.3 Å². The van der Waals surface area contributed by atoms with E-state index >= 15 is 0 Å². The molecule has 4 heteroatoms. The third-order valence-corrected chi connectivity index (χ3v) is 2.85. The fourth-order valence-corrected chi connectivity index (χ4v) is 1.85. The summed E-state index contributed by atoms with van der Waals surface area (Å²) in [5, 5.41) is 13.3. The van der Waals surface area contributed by atoms with Crippen molar-refractivity contribution in [1.82, 2.24) is 4.98 Å². The highest BCUT2D eigenvalue weighted by atomic mass is 35.5. The number of phenols is 1. The van der Waals surface area contributed by atoms with Crippen LogP contribution < -0.4 is 5.32 Å². The molecular weight excluding hydrogens is 236 g/mol. The summed E-state index contributed by atoms with van der Waals surface area (Å²) in [6, 6.07) is 9.09. The number of aryl methyl sites for hydroxylation is 1. The van der Waals surface area contributed by atoms with Gasteiger partial charge in [-0.3, -0.25) is 0 Å². The Labute approximate surface area is 105 Å². The summed E-state index contributed by atoms with van der Waals surface area (Å²) in [4.78, 5) is 4.02. The first-order valence-corrected chi connectivity index (χ1v) is 5.68. The molecule has 3 nitrogen and oxygen atoms in total. The van der Waals surface area contributed by atoms with E-state index in [4.69, 9.17) is 11.6 Å². The maximum Gasteiger partial charge on any atom is 0.152 e. The van der Waals surface area contributed by atoms with Gasteiger partial charge in [-0.2, -0.15) is 0 Å². The second-order valence-corrected chi connectivity index (χ2v) is 4.13. The van der Waals surface area contributed by atoms with E-state index in [0.717, 1.165) is 16.8 Å². The van der Waals surface area contributed by atoms with Gasteiger partial charge in [-0.1, -0.05) is 29.8 Å². The van der Waals surface area contributed by atoms with E-state index in [1.807, 2.05) is 25.1 Å². The predicted molar refractivity (Wildman–Crippen MR) is 69.4 cm³/mol. The van der Waals surface area contributed by atoms with E-state index in [0.29, 0.717) is 11.7 Å². The van der Waals surface area contributed by atoms with Crippen molar-refractivity contribution in [3.05, 3.63) is 52.8 Å². The number of benzene rings is 1. The summed E-state index contributed by atoms with van der Waals surface area (Å²) in [7, 11) is 0. The van der Waals surface area contributed by atoms with Crippen LogP contribution in [0.25, 0.3) is 0 Å². The molecule has 17 heavy (non-hydrogen) atoms. The summed E-state index contributed by atoms with van der Waals surface area (Å²) < 4.78 is 0. The summed E-state index contributed by atoms with van der Waals surface area (Å²) in [6.45, 7) is 2.47. The number of anilines is 1. The topological polar surface area (TPSA) is 45.2 Å². The number of hydrogen-bond donors (Lipinski definition) is 2. The average molecular weight is 249 g/mol. The zero-order valence-electron chi connectivity index (χ0n) is 9.44. The lowest BCUT2D eigenvalue weighted by molar-refractivity contribution is 0.469. The van der Waals surface area contributed by atoms with Crippen LogP contribution in [0.3, 0.4) is 0 Å². The number of para-hydroxylation sites is 1. The summed E-state index contributed by atoms with van der Waals surface area (Å²) >= 11 is 6.00. The van der Waals surface area contributed by atoms with Crippen LogP contribution in [-0.4, -0.2) is 10.1 Å². The third kappa shape index (κ3) is 2.68. The second kappa shape index (κ2) is 5.06. The van der Waals surface area contributed by atoms with Gasteiger partial charge >= 0.3 is 0 Å². The zero-order chi connectivity index (χ0) is 12.3. The van der Waals surface area contributed by atoms with Crippen LogP contribution in [0.15, 0.2) is 36.5 Å². The smallest absolute Gasteiger partial charge is 0.152 e. The summed E-state index contributed by atoms with van der Waals surface area (Å²) in [5.74, 6) is 0.276. The monoisotopic (exact) mass is 248 g/mol. The predicted octanol–water partition coefficient (Wildman–Crippen LogP) is 3.36. The number of nitrogens with zero attached hydrogens (tertiary/aromatic N) is 1. The van der Waals surface area contributed by atoms with Crippen LogP contribution in [0.1, 0.15) is 11.1 Å². The molecule has 0 radical (unpaired) electrons. The fraction of sp³-hybridized carbons (Fsp3) is 0.154. The minimum atomic E-state index is 0.276. The molecule has 0 aliphatic rings. The van der Waals surface area contributed by atoms with E-state index in [-0.39, 0.29) is 5.75 Å². The van der Waals surface area contributed by atoms with Gasteiger partial charge in [0.2, 0.25) is 0 Å². The highest BCUT2D eigenvalue weighted by molar-refractivity contribution is 6.32. The Morgan fingerprint density at radius 2 is 2.06 bits per heavy atom. The lowest BCUT2D eigenvalue weighted by atomic mass is 10.2. The van der Waals surface area contributed by atoms with Gasteiger partial charge < -0.3 is 10.4 Å². The molecule has 2 N–H and O–H groups in total. The Morgan fingerprint density at radius 3 is 2.76 bits per heavy atom. The Balaban J connectivity index is 2.16. The Kier molecular flexibility index (Phi) is 3.49. The molecule has 88 valence electrons. The number of aromatic hydroxyl groups is 1. The lowest BCUT2D eigenvalue weighted by Gasteiger charge is -2.11. The van der Waals surface area contributed by atoms with Crippen molar-refractivity contribution < 1.29 is 5.11 Å². The van der Waals surface area contributed by atoms with Gasteiger partial charge in [-0.25, -0.2) is 4.98 Å². The molecule has 0 saturated carbocycles. The molecule has 1 aromatic carbocycles. The van der Waals surface area contributed by atoms with Crippen molar-refractivity contribution in [1.29, 1.82) is 0 Å². The molecule has 1 aromatic heterocycles. The SMILES string of the molecule is Cc1ccnc(Cl)c1NCc1ccccc1O. The minimum absolute atomic E-state index is 0.276. The third-order valence-electron chi connectivity index (χ3n) is 2.56. The second-order valence-electron chi connectivity index (χ2n) is 3.78. The van der Waals surface area contributed by atoms with Gasteiger partial charge in [0.05, 0.1) is 5.69 Å². The van der Waals surface area contributed by atoms with Crippen LogP contribution in [0.5, 0.6) is 5.75 Å². The van der Waals surface area contributed by atoms with Gasteiger partial charge in [-0.05, 0) is 24.6 Å². The molecule has 0 amide bonds. The lowest BCUT2D eigenvalue weighted by Crippen LogP contribution is -2.02. The van der Waals surface area contributed by atoms with E-state index in [9.17, 15) is 5.11 Å². The first-order chi connectivity index (χ1) is 8.18. The number of nitrogens with one attached hydrogen (secondary N) is 1. The summed E-state index contributed by atoms with van der Waals surface area (Å²) in [6.07, 6.45) is 1.67. The molecule has 0 aliphatic carbocycles. The van der Waals surface area contributed by atoms with Gasteiger partial charge in [0.15, 0.2) is 5.15 Å². The van der Waals surface area contributed by atoms with E-state index in [1.165, 1.54) is 0 Å². The molecule has 0 atom stereocenters. The molecule has 0 unspecified atom stereocenters. The number of aromatic nitrogens is 1. The van der Waals surface area contributed by atoms with Crippen molar-refractivity contribution >= 4 is 17.3 Å². The molecule has 2 rings (SSSR count).